The van der Waals surface area contributed by atoms with Gasteiger partial charge < -0.3 is 14.6 Å². The molecule has 0 unspecified atom stereocenters. The Bertz CT molecular complexity index is 300. The second kappa shape index (κ2) is 7.36. The molecule has 0 aliphatic heterocycles. The molecule has 0 aromatic rings. The van der Waals surface area contributed by atoms with Gasteiger partial charge in [0.25, 0.3) is 0 Å². The van der Waals surface area contributed by atoms with Gasteiger partial charge in [-0.15, -0.1) is 0 Å². The molecular weight excluding hydrogens is 324 g/mol. The highest BCUT2D eigenvalue weighted by molar-refractivity contribution is 9.09. The summed E-state index contributed by atoms with van der Waals surface area (Å²) in [7, 11) is -1.91. The van der Waals surface area contributed by atoms with Gasteiger partial charge in [-0.1, -0.05) is 48.9 Å². The second-order valence-corrected chi connectivity index (χ2v) is 12.3. The van der Waals surface area contributed by atoms with Crippen molar-refractivity contribution in [2.75, 3.05) is 0 Å². The molecule has 0 saturated heterocycles. The predicted molar refractivity (Wildman–Crippen MR) is 87.3 cm³/mol. The number of aliphatic hydroxyl groups is 2. The molecule has 0 heterocycles. The van der Waals surface area contributed by atoms with Gasteiger partial charge in [0.05, 0.1) is 23.1 Å². The first kappa shape index (κ1) is 19.3. The van der Waals surface area contributed by atoms with E-state index in [0.29, 0.717) is 0 Å². The van der Waals surface area contributed by atoms with Gasteiger partial charge in [-0.05, 0) is 32.0 Å². The SMILES string of the molecule is C/C=C/[C@H](O)[C@@H](Br)[C@H](O)[C@H](C)O[Si](C)(C)C(C)(C)C. The van der Waals surface area contributed by atoms with Crippen molar-refractivity contribution in [2.24, 2.45) is 0 Å². The summed E-state index contributed by atoms with van der Waals surface area (Å²) in [5.41, 5.74) is 0. The van der Waals surface area contributed by atoms with E-state index in [4.69, 9.17) is 4.43 Å². The highest BCUT2D eigenvalue weighted by atomic mass is 79.9. The summed E-state index contributed by atoms with van der Waals surface area (Å²) < 4.78 is 6.14. The van der Waals surface area contributed by atoms with E-state index in [1.54, 1.807) is 12.2 Å². The molecule has 0 aromatic heterocycles. The van der Waals surface area contributed by atoms with E-state index in [0.717, 1.165) is 0 Å². The molecule has 4 atom stereocenters. The second-order valence-electron chi connectivity index (χ2n) is 6.53. The summed E-state index contributed by atoms with van der Waals surface area (Å²) in [5, 5.41) is 20.2. The first-order valence-electron chi connectivity index (χ1n) is 6.75. The van der Waals surface area contributed by atoms with Gasteiger partial charge in [-0.2, -0.15) is 0 Å². The third kappa shape index (κ3) is 5.67. The zero-order valence-corrected chi connectivity index (χ0v) is 15.7. The number of aliphatic hydroxyl groups excluding tert-OH is 2. The Morgan fingerprint density at radius 2 is 1.68 bits per heavy atom. The van der Waals surface area contributed by atoms with E-state index in [1.807, 2.05) is 13.8 Å². The van der Waals surface area contributed by atoms with Crippen molar-refractivity contribution in [3.63, 3.8) is 0 Å². The number of allylic oxidation sites excluding steroid dienone is 1. The predicted octanol–water partition coefficient (Wildman–Crippen LogP) is 3.46. The van der Waals surface area contributed by atoms with E-state index in [2.05, 4.69) is 49.8 Å². The van der Waals surface area contributed by atoms with Crippen LogP contribution in [-0.4, -0.2) is 41.7 Å². The molecule has 19 heavy (non-hydrogen) atoms. The lowest BCUT2D eigenvalue weighted by Gasteiger charge is -2.40. The van der Waals surface area contributed by atoms with Gasteiger partial charge in [-0.25, -0.2) is 0 Å². The molecule has 0 amide bonds. The fraction of sp³-hybridized carbons (Fsp3) is 0.857. The number of alkyl halides is 1. The maximum absolute atomic E-state index is 10.3. The summed E-state index contributed by atoms with van der Waals surface area (Å²) in [5.74, 6) is 0. The van der Waals surface area contributed by atoms with E-state index < -0.39 is 25.4 Å². The molecule has 114 valence electrons. The van der Waals surface area contributed by atoms with Crippen LogP contribution in [0.15, 0.2) is 12.2 Å². The molecule has 0 saturated carbocycles. The van der Waals surface area contributed by atoms with Crippen molar-refractivity contribution < 1.29 is 14.6 Å². The Morgan fingerprint density at radius 1 is 1.21 bits per heavy atom. The molecule has 0 fully saturated rings. The van der Waals surface area contributed by atoms with Crippen LogP contribution in [0.3, 0.4) is 0 Å². The molecule has 0 aromatic carbocycles. The van der Waals surface area contributed by atoms with Crippen molar-refractivity contribution in [2.45, 2.75) is 75.9 Å². The molecule has 0 rings (SSSR count). The minimum Gasteiger partial charge on any atom is -0.412 e. The van der Waals surface area contributed by atoms with Gasteiger partial charge >= 0.3 is 0 Å². The van der Waals surface area contributed by atoms with Crippen LogP contribution in [0.25, 0.3) is 0 Å². The number of halogens is 1. The standard InChI is InChI=1S/C14H29BrO3Si/c1-8-9-11(16)12(15)13(17)10(2)18-19(6,7)14(3,4)5/h8-13,16-17H,1-7H3/b9-8+/t10-,11-,12+,13+/m0/s1. The van der Waals surface area contributed by atoms with E-state index in [9.17, 15) is 10.2 Å². The van der Waals surface area contributed by atoms with E-state index >= 15 is 0 Å². The van der Waals surface area contributed by atoms with Gasteiger partial charge in [0, 0.05) is 0 Å². The van der Waals surface area contributed by atoms with E-state index in [-0.39, 0.29) is 11.1 Å². The lowest BCUT2D eigenvalue weighted by Crippen LogP contribution is -2.49. The third-order valence-corrected chi connectivity index (χ3v) is 9.47. The minimum atomic E-state index is -1.91. The van der Waals surface area contributed by atoms with Gasteiger partial charge in [0.15, 0.2) is 8.32 Å². The van der Waals surface area contributed by atoms with Crippen LogP contribution >= 0.6 is 15.9 Å². The maximum atomic E-state index is 10.3. The maximum Gasteiger partial charge on any atom is 0.192 e. The quantitative estimate of drug-likeness (QED) is 0.437. The Hall–Kier alpha value is 0.317. The Kier molecular flexibility index (Phi) is 7.48. The first-order valence-corrected chi connectivity index (χ1v) is 10.6. The highest BCUT2D eigenvalue weighted by Gasteiger charge is 2.40. The van der Waals surface area contributed by atoms with Crippen LogP contribution < -0.4 is 0 Å². The monoisotopic (exact) mass is 352 g/mol. The summed E-state index contributed by atoms with van der Waals surface area (Å²) in [6, 6.07) is 0. The smallest absolute Gasteiger partial charge is 0.192 e. The lowest BCUT2D eigenvalue weighted by atomic mass is 10.1. The summed E-state index contributed by atoms with van der Waals surface area (Å²) in [6.45, 7) is 14.5. The van der Waals surface area contributed by atoms with Crippen molar-refractivity contribution >= 4 is 24.2 Å². The summed E-state index contributed by atoms with van der Waals surface area (Å²) in [4.78, 5) is -0.427. The third-order valence-electron chi connectivity index (χ3n) is 3.81. The van der Waals surface area contributed by atoms with Crippen LogP contribution in [-0.2, 0) is 4.43 Å². The number of rotatable bonds is 6. The van der Waals surface area contributed by atoms with Crippen molar-refractivity contribution in [1.82, 2.24) is 0 Å². The zero-order chi connectivity index (χ0) is 15.4. The van der Waals surface area contributed by atoms with Gasteiger partial charge in [-0.3, -0.25) is 0 Å². The summed E-state index contributed by atoms with van der Waals surface area (Å²) in [6.07, 6.45) is 1.64. The Morgan fingerprint density at radius 3 is 2.05 bits per heavy atom. The zero-order valence-electron chi connectivity index (χ0n) is 13.1. The molecule has 0 spiro atoms. The van der Waals surface area contributed by atoms with Crippen LogP contribution in [0.5, 0.6) is 0 Å². The molecule has 0 aliphatic rings. The van der Waals surface area contributed by atoms with Crippen molar-refractivity contribution in [1.29, 1.82) is 0 Å². The fourth-order valence-electron chi connectivity index (χ4n) is 1.48. The van der Waals surface area contributed by atoms with Crippen LogP contribution in [0.2, 0.25) is 18.1 Å². The topological polar surface area (TPSA) is 49.7 Å². The molecule has 0 bridgehead atoms. The highest BCUT2D eigenvalue weighted by Crippen LogP contribution is 2.38. The van der Waals surface area contributed by atoms with Crippen LogP contribution in [0.4, 0.5) is 0 Å². The van der Waals surface area contributed by atoms with Gasteiger partial charge in [0.1, 0.15) is 0 Å². The molecular formula is C14H29BrO3Si. The average molecular weight is 353 g/mol. The van der Waals surface area contributed by atoms with Gasteiger partial charge in [0.2, 0.25) is 0 Å². The number of hydrogen-bond donors (Lipinski definition) is 2. The molecule has 3 nitrogen and oxygen atoms in total. The molecule has 5 heteroatoms. The largest absolute Gasteiger partial charge is 0.412 e. The average Bonchev–Trinajstić information content (AvgIpc) is 2.25. The minimum absolute atomic E-state index is 0.102. The molecule has 0 aliphatic carbocycles. The van der Waals surface area contributed by atoms with Crippen LogP contribution in [0.1, 0.15) is 34.6 Å². The van der Waals surface area contributed by atoms with Crippen LogP contribution in [0, 0.1) is 0 Å². The normalized spacial score (nSPS) is 20.3. The Balaban J connectivity index is 4.71. The van der Waals surface area contributed by atoms with Crippen molar-refractivity contribution in [3.05, 3.63) is 12.2 Å². The molecule has 0 radical (unpaired) electrons. The summed E-state index contributed by atoms with van der Waals surface area (Å²) >= 11 is 3.35. The van der Waals surface area contributed by atoms with Crippen molar-refractivity contribution in [3.8, 4) is 0 Å². The number of hydrogen-bond acceptors (Lipinski definition) is 3. The molecule has 2 N–H and O–H groups in total. The Labute approximate surface area is 127 Å². The lowest BCUT2D eigenvalue weighted by molar-refractivity contribution is 0.0190. The first-order chi connectivity index (χ1) is 8.44. The van der Waals surface area contributed by atoms with E-state index in [1.165, 1.54) is 0 Å². The fourth-order valence-corrected chi connectivity index (χ4v) is 3.50.